The van der Waals surface area contributed by atoms with Gasteiger partial charge in [0.15, 0.2) is 23.0 Å². The van der Waals surface area contributed by atoms with Crippen LogP contribution in [-0.4, -0.2) is 32.2 Å². The quantitative estimate of drug-likeness (QED) is 0.189. The fourth-order valence-corrected chi connectivity index (χ4v) is 3.47. The standard InChI is InChI=1S/C24H18N2O6/c25-17-9-1-6-14-13(17)5-2-10-18(14)26(23(31)15-7-3-11-19(27)21(15)29)24(32)16-8-4-12-20(28)22(16)30/h1-12,27-30H,25H2. The summed E-state index contributed by atoms with van der Waals surface area (Å²) < 4.78 is 0. The molecular weight excluding hydrogens is 412 g/mol. The number of para-hydroxylation sites is 2. The van der Waals surface area contributed by atoms with E-state index in [1.54, 1.807) is 30.3 Å². The first-order valence-corrected chi connectivity index (χ1v) is 9.49. The van der Waals surface area contributed by atoms with Gasteiger partial charge < -0.3 is 26.2 Å². The van der Waals surface area contributed by atoms with Crippen LogP contribution < -0.4 is 10.6 Å². The molecule has 4 rings (SSSR count). The molecule has 0 aromatic heterocycles. The van der Waals surface area contributed by atoms with Crippen molar-refractivity contribution >= 4 is 34.0 Å². The molecule has 6 N–H and O–H groups in total. The van der Waals surface area contributed by atoms with E-state index in [4.69, 9.17) is 5.73 Å². The number of aromatic hydroxyl groups is 4. The van der Waals surface area contributed by atoms with Crippen molar-refractivity contribution < 1.29 is 30.0 Å². The Labute approximate surface area is 182 Å². The Balaban J connectivity index is 1.99. The number of nitrogens with zero attached hydrogens (tertiary/aromatic N) is 1. The molecule has 0 aliphatic carbocycles. The molecule has 0 heterocycles. The molecule has 0 saturated carbocycles. The molecule has 0 saturated heterocycles. The summed E-state index contributed by atoms with van der Waals surface area (Å²) in [4.78, 5) is 27.8. The number of carbonyl (C=O) groups is 2. The van der Waals surface area contributed by atoms with Crippen LogP contribution in [0.1, 0.15) is 20.7 Å². The smallest absolute Gasteiger partial charge is 0.269 e. The van der Waals surface area contributed by atoms with Gasteiger partial charge in [0.1, 0.15) is 0 Å². The Morgan fingerprint density at radius 2 is 1.09 bits per heavy atom. The van der Waals surface area contributed by atoms with Crippen molar-refractivity contribution in [2.24, 2.45) is 0 Å². The largest absolute Gasteiger partial charge is 0.504 e. The molecule has 4 aromatic rings. The van der Waals surface area contributed by atoms with Gasteiger partial charge in [0.05, 0.1) is 16.8 Å². The Hall–Kier alpha value is -4.72. The van der Waals surface area contributed by atoms with Gasteiger partial charge in [-0.25, -0.2) is 4.90 Å². The second-order valence-corrected chi connectivity index (χ2v) is 7.01. The lowest BCUT2D eigenvalue weighted by atomic mass is 10.0. The summed E-state index contributed by atoms with van der Waals surface area (Å²) in [7, 11) is 0. The molecule has 0 atom stereocenters. The van der Waals surface area contributed by atoms with Crippen LogP contribution in [0.5, 0.6) is 23.0 Å². The van der Waals surface area contributed by atoms with E-state index in [1.165, 1.54) is 42.5 Å². The summed E-state index contributed by atoms with van der Waals surface area (Å²) in [6.07, 6.45) is 0. The lowest BCUT2D eigenvalue weighted by molar-refractivity contribution is 0.0894. The number of hydrogen-bond donors (Lipinski definition) is 5. The van der Waals surface area contributed by atoms with Crippen molar-refractivity contribution in [1.82, 2.24) is 0 Å². The van der Waals surface area contributed by atoms with E-state index in [0.717, 1.165) is 4.90 Å². The van der Waals surface area contributed by atoms with Gasteiger partial charge >= 0.3 is 0 Å². The van der Waals surface area contributed by atoms with Crippen LogP contribution in [0.25, 0.3) is 10.8 Å². The number of hydrogen-bond acceptors (Lipinski definition) is 7. The minimum Gasteiger partial charge on any atom is -0.504 e. The number of rotatable bonds is 3. The first-order chi connectivity index (χ1) is 15.3. The van der Waals surface area contributed by atoms with Crippen LogP contribution >= 0.6 is 0 Å². The summed E-state index contributed by atoms with van der Waals surface area (Å²) >= 11 is 0. The van der Waals surface area contributed by atoms with E-state index in [9.17, 15) is 30.0 Å². The molecular formula is C24H18N2O6. The number of amides is 2. The minimum atomic E-state index is -0.957. The van der Waals surface area contributed by atoms with Crippen molar-refractivity contribution in [3.63, 3.8) is 0 Å². The number of phenolic OH excluding ortho intramolecular Hbond substituents is 4. The molecule has 8 nitrogen and oxygen atoms in total. The first-order valence-electron chi connectivity index (χ1n) is 9.49. The number of carbonyl (C=O) groups excluding carboxylic acids is 2. The van der Waals surface area contributed by atoms with E-state index in [1.807, 2.05) is 0 Å². The number of nitrogens with two attached hydrogens (primary N) is 1. The Bertz CT molecular complexity index is 1320. The van der Waals surface area contributed by atoms with Gasteiger partial charge in [0, 0.05) is 16.5 Å². The predicted molar refractivity (Wildman–Crippen MR) is 119 cm³/mol. The average Bonchev–Trinajstić information content (AvgIpc) is 2.78. The van der Waals surface area contributed by atoms with Crippen molar-refractivity contribution in [2.75, 3.05) is 10.6 Å². The number of anilines is 2. The number of nitrogen functional groups attached to an aromatic ring is 1. The molecule has 2 amide bonds. The average molecular weight is 430 g/mol. The molecule has 32 heavy (non-hydrogen) atoms. The Morgan fingerprint density at radius 3 is 1.66 bits per heavy atom. The van der Waals surface area contributed by atoms with Crippen LogP contribution in [0, 0.1) is 0 Å². The zero-order chi connectivity index (χ0) is 23.0. The van der Waals surface area contributed by atoms with E-state index >= 15 is 0 Å². The molecule has 0 fully saturated rings. The minimum absolute atomic E-state index is 0.135. The third kappa shape index (κ3) is 3.29. The number of imide groups is 1. The maximum Gasteiger partial charge on any atom is 0.269 e. The van der Waals surface area contributed by atoms with Crippen molar-refractivity contribution in [3.8, 4) is 23.0 Å². The maximum absolute atomic E-state index is 13.5. The van der Waals surface area contributed by atoms with Crippen molar-refractivity contribution in [2.45, 2.75) is 0 Å². The van der Waals surface area contributed by atoms with Gasteiger partial charge in [-0.05, 0) is 36.4 Å². The maximum atomic E-state index is 13.5. The summed E-state index contributed by atoms with van der Waals surface area (Å²) in [6.45, 7) is 0. The molecule has 0 unspecified atom stereocenters. The monoisotopic (exact) mass is 430 g/mol. The van der Waals surface area contributed by atoms with Crippen LogP contribution in [0.3, 0.4) is 0 Å². The van der Waals surface area contributed by atoms with Crippen molar-refractivity contribution in [1.29, 1.82) is 0 Å². The van der Waals surface area contributed by atoms with Gasteiger partial charge in [0.2, 0.25) is 0 Å². The van der Waals surface area contributed by atoms with E-state index < -0.39 is 34.8 Å². The molecule has 0 bridgehead atoms. The van der Waals surface area contributed by atoms with Gasteiger partial charge in [-0.1, -0.05) is 36.4 Å². The SMILES string of the molecule is Nc1cccc2c(N(C(=O)c3cccc(O)c3O)C(=O)c3cccc(O)c3O)cccc12. The second kappa shape index (κ2) is 7.84. The summed E-state index contributed by atoms with van der Waals surface area (Å²) in [5, 5.41) is 41.3. The van der Waals surface area contributed by atoms with Gasteiger partial charge in [-0.3, -0.25) is 9.59 Å². The van der Waals surface area contributed by atoms with Crippen LogP contribution in [0.2, 0.25) is 0 Å². The van der Waals surface area contributed by atoms with Crippen LogP contribution in [0.15, 0.2) is 72.8 Å². The molecule has 0 aliphatic rings. The summed E-state index contributed by atoms with van der Waals surface area (Å²) in [5.74, 6) is -4.39. The number of benzene rings is 4. The number of phenols is 4. The molecule has 160 valence electrons. The molecule has 0 aliphatic heterocycles. The number of fused-ring (bicyclic) bond motifs is 1. The van der Waals surface area contributed by atoms with Gasteiger partial charge in [-0.2, -0.15) is 0 Å². The van der Waals surface area contributed by atoms with Crippen LogP contribution in [0.4, 0.5) is 11.4 Å². The molecule has 0 radical (unpaired) electrons. The zero-order valence-electron chi connectivity index (χ0n) is 16.6. The predicted octanol–water partition coefficient (Wildman–Crippen LogP) is 3.73. The zero-order valence-corrected chi connectivity index (χ0v) is 16.6. The highest BCUT2D eigenvalue weighted by Crippen LogP contribution is 2.37. The fraction of sp³-hybridized carbons (Fsp3) is 0. The van der Waals surface area contributed by atoms with Gasteiger partial charge in [0.25, 0.3) is 11.8 Å². The third-order valence-electron chi connectivity index (χ3n) is 5.07. The molecule has 0 spiro atoms. The lowest BCUT2D eigenvalue weighted by Crippen LogP contribution is -2.37. The highest BCUT2D eigenvalue weighted by molar-refractivity contribution is 6.29. The lowest BCUT2D eigenvalue weighted by Gasteiger charge is -2.24. The van der Waals surface area contributed by atoms with E-state index in [0.29, 0.717) is 16.5 Å². The molecule has 8 heteroatoms. The van der Waals surface area contributed by atoms with Gasteiger partial charge in [-0.15, -0.1) is 0 Å². The topological polar surface area (TPSA) is 144 Å². The summed E-state index contributed by atoms with van der Waals surface area (Å²) in [5.41, 5.74) is 5.94. The summed E-state index contributed by atoms with van der Waals surface area (Å²) in [6, 6.07) is 17.4. The Kier molecular flexibility index (Phi) is 5.04. The van der Waals surface area contributed by atoms with Crippen molar-refractivity contribution in [3.05, 3.63) is 83.9 Å². The fourth-order valence-electron chi connectivity index (χ4n) is 3.47. The first kappa shape index (κ1) is 20.5. The Morgan fingerprint density at radius 1 is 0.625 bits per heavy atom. The normalized spacial score (nSPS) is 10.8. The van der Waals surface area contributed by atoms with E-state index in [2.05, 4.69) is 0 Å². The molecule has 4 aromatic carbocycles. The highest BCUT2D eigenvalue weighted by atomic mass is 16.3. The van der Waals surface area contributed by atoms with Crippen LogP contribution in [-0.2, 0) is 0 Å². The second-order valence-electron chi connectivity index (χ2n) is 7.01. The van der Waals surface area contributed by atoms with E-state index in [-0.39, 0.29) is 16.8 Å². The third-order valence-corrected chi connectivity index (χ3v) is 5.07. The highest BCUT2D eigenvalue weighted by Gasteiger charge is 2.31.